The van der Waals surface area contributed by atoms with Crippen LogP contribution < -0.4 is 10.9 Å². The van der Waals surface area contributed by atoms with Crippen LogP contribution in [0.1, 0.15) is 36.0 Å². The first-order valence-electron chi connectivity index (χ1n) is 11.7. The van der Waals surface area contributed by atoms with E-state index in [0.29, 0.717) is 35.6 Å². The van der Waals surface area contributed by atoms with Crippen LogP contribution >= 0.6 is 0 Å². The second kappa shape index (κ2) is 10.1. The van der Waals surface area contributed by atoms with Gasteiger partial charge in [0, 0.05) is 30.4 Å². The van der Waals surface area contributed by atoms with Gasteiger partial charge in [-0.25, -0.2) is 13.1 Å². The SMILES string of the molecule is Cc1ccc(NC(=O)Cn2nc(-c3ccc(C)c(S(=O)(=O)N4CCCCC4)c3)ccc2=O)c(C)c1. The zero-order valence-corrected chi connectivity index (χ0v) is 21.1. The number of anilines is 1. The number of rotatable bonds is 6. The van der Waals surface area contributed by atoms with Crippen LogP contribution in [-0.2, 0) is 21.4 Å². The number of nitrogens with zero attached hydrogens (tertiary/aromatic N) is 3. The Morgan fingerprint density at radius 1 is 0.943 bits per heavy atom. The number of carbonyl (C=O) groups excluding carboxylic acids is 1. The third-order valence-electron chi connectivity index (χ3n) is 6.23. The van der Waals surface area contributed by atoms with E-state index in [1.165, 1.54) is 10.4 Å². The van der Waals surface area contributed by atoms with E-state index >= 15 is 0 Å². The largest absolute Gasteiger partial charge is 0.324 e. The number of aryl methyl sites for hydroxylation is 3. The average molecular weight is 495 g/mol. The lowest BCUT2D eigenvalue weighted by atomic mass is 10.1. The normalized spacial score (nSPS) is 14.6. The summed E-state index contributed by atoms with van der Waals surface area (Å²) in [6, 6.07) is 13.7. The summed E-state index contributed by atoms with van der Waals surface area (Å²) in [5.41, 5.74) is 3.91. The average Bonchev–Trinajstić information content (AvgIpc) is 2.83. The molecule has 4 rings (SSSR count). The van der Waals surface area contributed by atoms with Crippen molar-refractivity contribution in [1.29, 1.82) is 0 Å². The monoisotopic (exact) mass is 494 g/mol. The maximum absolute atomic E-state index is 13.3. The summed E-state index contributed by atoms with van der Waals surface area (Å²) in [5, 5.41) is 7.18. The van der Waals surface area contributed by atoms with E-state index in [1.54, 1.807) is 31.2 Å². The number of hydrogen-bond donors (Lipinski definition) is 1. The second-order valence-electron chi connectivity index (χ2n) is 9.03. The molecule has 0 atom stereocenters. The molecule has 1 aliphatic heterocycles. The highest BCUT2D eigenvalue weighted by atomic mass is 32.2. The van der Waals surface area contributed by atoms with Gasteiger partial charge in [-0.1, -0.05) is 36.2 Å². The molecule has 1 amide bonds. The fraction of sp³-hybridized carbons (Fsp3) is 0.346. The highest BCUT2D eigenvalue weighted by molar-refractivity contribution is 7.89. The van der Waals surface area contributed by atoms with Gasteiger partial charge < -0.3 is 5.32 Å². The lowest BCUT2D eigenvalue weighted by Gasteiger charge is -2.26. The zero-order valence-electron chi connectivity index (χ0n) is 20.2. The van der Waals surface area contributed by atoms with Gasteiger partial charge in [0.25, 0.3) is 5.56 Å². The Kier molecular flexibility index (Phi) is 7.18. The van der Waals surface area contributed by atoms with Crippen LogP contribution in [0.5, 0.6) is 0 Å². The van der Waals surface area contributed by atoms with E-state index in [2.05, 4.69) is 10.4 Å². The Bertz CT molecular complexity index is 1420. The second-order valence-corrected chi connectivity index (χ2v) is 10.9. The van der Waals surface area contributed by atoms with Crippen LogP contribution in [-0.4, -0.2) is 41.5 Å². The smallest absolute Gasteiger partial charge is 0.267 e. The van der Waals surface area contributed by atoms with Crippen LogP contribution in [0.15, 0.2) is 58.2 Å². The number of hydrogen-bond acceptors (Lipinski definition) is 5. The summed E-state index contributed by atoms with van der Waals surface area (Å²) >= 11 is 0. The van der Waals surface area contributed by atoms with Crippen molar-refractivity contribution in [2.45, 2.75) is 51.5 Å². The van der Waals surface area contributed by atoms with Gasteiger partial charge in [-0.15, -0.1) is 0 Å². The predicted octanol–water partition coefficient (Wildman–Crippen LogP) is 3.65. The Hall–Kier alpha value is -3.30. The minimum absolute atomic E-state index is 0.240. The first kappa shape index (κ1) is 24.8. The van der Waals surface area contributed by atoms with Crippen molar-refractivity contribution in [3.63, 3.8) is 0 Å². The number of carbonyl (C=O) groups is 1. The third kappa shape index (κ3) is 5.52. The molecule has 35 heavy (non-hydrogen) atoms. The van der Waals surface area contributed by atoms with Crippen LogP contribution in [0.4, 0.5) is 5.69 Å². The third-order valence-corrected chi connectivity index (χ3v) is 8.27. The fourth-order valence-corrected chi connectivity index (χ4v) is 6.05. The molecular weight excluding hydrogens is 464 g/mol. The summed E-state index contributed by atoms with van der Waals surface area (Å²) in [4.78, 5) is 25.3. The van der Waals surface area contributed by atoms with E-state index in [9.17, 15) is 18.0 Å². The summed E-state index contributed by atoms with van der Waals surface area (Å²) < 4.78 is 29.2. The molecule has 0 spiro atoms. The molecule has 184 valence electrons. The number of amides is 1. The lowest BCUT2D eigenvalue weighted by Crippen LogP contribution is -2.36. The molecule has 1 aromatic heterocycles. The van der Waals surface area contributed by atoms with Crippen LogP contribution in [0.25, 0.3) is 11.3 Å². The van der Waals surface area contributed by atoms with Crippen molar-refractivity contribution < 1.29 is 13.2 Å². The minimum atomic E-state index is -3.63. The van der Waals surface area contributed by atoms with Gasteiger partial charge >= 0.3 is 0 Å². The van der Waals surface area contributed by atoms with Crippen molar-refractivity contribution in [2.24, 2.45) is 0 Å². The van der Waals surface area contributed by atoms with E-state index < -0.39 is 15.6 Å². The molecule has 1 saturated heterocycles. The molecule has 9 heteroatoms. The van der Waals surface area contributed by atoms with Crippen molar-refractivity contribution in [3.05, 3.63) is 75.6 Å². The van der Waals surface area contributed by atoms with E-state index in [1.807, 2.05) is 32.0 Å². The summed E-state index contributed by atoms with van der Waals surface area (Å²) in [6.45, 7) is 6.43. The number of benzene rings is 2. The van der Waals surface area contributed by atoms with Gasteiger partial charge in [0.15, 0.2) is 0 Å². The van der Waals surface area contributed by atoms with Gasteiger partial charge in [0.2, 0.25) is 15.9 Å². The van der Waals surface area contributed by atoms with E-state index in [0.717, 1.165) is 35.1 Å². The molecular formula is C26H30N4O4S. The maximum Gasteiger partial charge on any atom is 0.267 e. The van der Waals surface area contributed by atoms with Gasteiger partial charge in [-0.05, 0) is 62.9 Å². The number of piperidine rings is 1. The molecule has 1 fully saturated rings. The summed E-state index contributed by atoms with van der Waals surface area (Å²) in [7, 11) is -3.63. The van der Waals surface area contributed by atoms with Gasteiger partial charge in [0.1, 0.15) is 6.54 Å². The number of nitrogens with one attached hydrogen (secondary N) is 1. The highest BCUT2D eigenvalue weighted by Crippen LogP contribution is 2.27. The Balaban J connectivity index is 1.60. The van der Waals surface area contributed by atoms with Gasteiger partial charge in [-0.3, -0.25) is 9.59 Å². The standard InChI is InChI=1S/C26H30N4O4S/c1-18-7-10-22(20(3)15-18)27-25(31)17-30-26(32)12-11-23(28-30)21-9-8-19(2)24(16-21)35(33,34)29-13-5-4-6-14-29/h7-12,15-16H,4-6,13-14,17H2,1-3H3,(H,27,31). The van der Waals surface area contributed by atoms with Crippen LogP contribution in [0.3, 0.4) is 0 Å². The van der Waals surface area contributed by atoms with Crippen LogP contribution in [0, 0.1) is 20.8 Å². The Labute approximate surface area is 205 Å². The molecule has 1 N–H and O–H groups in total. The molecule has 0 bridgehead atoms. The van der Waals surface area contributed by atoms with Gasteiger partial charge in [-0.2, -0.15) is 9.40 Å². The molecule has 0 saturated carbocycles. The fourth-order valence-electron chi connectivity index (χ4n) is 4.28. The van der Waals surface area contributed by atoms with E-state index in [4.69, 9.17) is 0 Å². The molecule has 3 aromatic rings. The minimum Gasteiger partial charge on any atom is -0.324 e. The molecule has 8 nitrogen and oxygen atoms in total. The highest BCUT2D eigenvalue weighted by Gasteiger charge is 2.27. The Morgan fingerprint density at radius 3 is 2.40 bits per heavy atom. The number of aromatic nitrogens is 2. The topological polar surface area (TPSA) is 101 Å². The summed E-state index contributed by atoms with van der Waals surface area (Å²) in [6.07, 6.45) is 2.75. The molecule has 2 aromatic carbocycles. The first-order chi connectivity index (χ1) is 16.6. The molecule has 0 aliphatic carbocycles. The molecule has 0 radical (unpaired) electrons. The van der Waals surface area contributed by atoms with Gasteiger partial charge in [0.05, 0.1) is 10.6 Å². The van der Waals surface area contributed by atoms with E-state index in [-0.39, 0.29) is 17.3 Å². The van der Waals surface area contributed by atoms with Crippen molar-refractivity contribution >= 4 is 21.6 Å². The summed E-state index contributed by atoms with van der Waals surface area (Å²) in [5.74, 6) is -0.374. The molecule has 0 unspecified atom stereocenters. The maximum atomic E-state index is 13.3. The first-order valence-corrected chi connectivity index (χ1v) is 13.2. The van der Waals surface area contributed by atoms with Crippen LogP contribution in [0.2, 0.25) is 0 Å². The quantitative estimate of drug-likeness (QED) is 0.564. The number of sulfonamides is 1. The van der Waals surface area contributed by atoms with Crippen molar-refractivity contribution in [2.75, 3.05) is 18.4 Å². The lowest BCUT2D eigenvalue weighted by molar-refractivity contribution is -0.117. The molecule has 2 heterocycles. The van der Waals surface area contributed by atoms with Crippen molar-refractivity contribution in [1.82, 2.24) is 14.1 Å². The zero-order chi connectivity index (χ0) is 25.2. The predicted molar refractivity (Wildman–Crippen MR) is 136 cm³/mol. The Morgan fingerprint density at radius 2 is 1.69 bits per heavy atom. The molecule has 1 aliphatic rings. The van der Waals surface area contributed by atoms with Crippen molar-refractivity contribution in [3.8, 4) is 11.3 Å².